The zero-order valence-corrected chi connectivity index (χ0v) is 22.2. The first-order valence-electron chi connectivity index (χ1n) is 13.6. The summed E-state index contributed by atoms with van der Waals surface area (Å²) in [7, 11) is 0. The molecule has 5 rings (SSSR count). The Hall–Kier alpha value is -3.91. The third-order valence-electron chi connectivity index (χ3n) is 7.85. The lowest BCUT2D eigenvalue weighted by atomic mass is 9.85. The van der Waals surface area contributed by atoms with Crippen molar-refractivity contribution >= 4 is 11.8 Å². The van der Waals surface area contributed by atoms with Gasteiger partial charge in [0.2, 0.25) is 0 Å². The van der Waals surface area contributed by atoms with E-state index < -0.39 is 0 Å². The molecule has 2 heteroatoms. The second-order valence-corrected chi connectivity index (χ2v) is 10.5. The third kappa shape index (κ3) is 5.65. The number of aryl methyl sites for hydroxylation is 2. The number of hydrogen-bond acceptors (Lipinski definition) is 1. The number of anilines is 1. The van der Waals surface area contributed by atoms with Crippen LogP contribution < -0.4 is 4.90 Å². The SMILES string of the molecule is C=Cc1cccc(-c2ccc(C3[C@@H](CCCCc4ccc(F)cc4)CC(=C)N3c3ccccc3)c(C)c2)c1. The molecule has 4 aromatic carbocycles. The topological polar surface area (TPSA) is 3.24 Å². The van der Waals surface area contributed by atoms with E-state index in [1.807, 2.05) is 18.2 Å². The van der Waals surface area contributed by atoms with E-state index in [1.165, 1.54) is 39.2 Å². The summed E-state index contributed by atoms with van der Waals surface area (Å²) >= 11 is 0. The van der Waals surface area contributed by atoms with E-state index >= 15 is 0 Å². The predicted molar refractivity (Wildman–Crippen MR) is 160 cm³/mol. The third-order valence-corrected chi connectivity index (χ3v) is 7.85. The minimum atomic E-state index is -0.170. The number of nitrogens with zero attached hydrogens (tertiary/aromatic N) is 1. The van der Waals surface area contributed by atoms with Crippen LogP contribution in [0.5, 0.6) is 0 Å². The monoisotopic (exact) mass is 501 g/mol. The molecule has 0 N–H and O–H groups in total. The van der Waals surface area contributed by atoms with Gasteiger partial charge >= 0.3 is 0 Å². The second-order valence-electron chi connectivity index (χ2n) is 10.5. The van der Waals surface area contributed by atoms with Gasteiger partial charge in [0, 0.05) is 11.4 Å². The van der Waals surface area contributed by atoms with Gasteiger partial charge in [-0.05, 0) is 102 Å². The summed E-state index contributed by atoms with van der Waals surface area (Å²) in [5.74, 6) is 0.321. The van der Waals surface area contributed by atoms with Gasteiger partial charge in [0.1, 0.15) is 5.82 Å². The highest BCUT2D eigenvalue weighted by atomic mass is 19.1. The average molecular weight is 502 g/mol. The van der Waals surface area contributed by atoms with Crippen molar-refractivity contribution in [3.8, 4) is 11.1 Å². The Morgan fingerprint density at radius 1 is 0.868 bits per heavy atom. The largest absolute Gasteiger partial charge is 0.338 e. The lowest BCUT2D eigenvalue weighted by Gasteiger charge is -2.32. The quantitative estimate of drug-likeness (QED) is 0.206. The van der Waals surface area contributed by atoms with Crippen molar-refractivity contribution in [1.82, 2.24) is 0 Å². The van der Waals surface area contributed by atoms with E-state index in [4.69, 9.17) is 0 Å². The summed E-state index contributed by atoms with van der Waals surface area (Å²) in [5.41, 5.74) is 9.86. The fraction of sp³-hybridized carbons (Fsp3) is 0.222. The molecule has 4 aromatic rings. The average Bonchev–Trinajstić information content (AvgIpc) is 3.27. The van der Waals surface area contributed by atoms with E-state index in [9.17, 15) is 4.39 Å². The molecule has 0 bridgehead atoms. The number of allylic oxidation sites excluding steroid dienone is 1. The normalized spacial score (nSPS) is 17.1. The molecule has 0 saturated carbocycles. The molecule has 1 heterocycles. The van der Waals surface area contributed by atoms with Crippen molar-refractivity contribution in [3.63, 3.8) is 0 Å². The Morgan fingerprint density at radius 3 is 2.37 bits per heavy atom. The smallest absolute Gasteiger partial charge is 0.123 e. The van der Waals surface area contributed by atoms with E-state index in [0.29, 0.717) is 5.92 Å². The van der Waals surface area contributed by atoms with E-state index in [0.717, 1.165) is 37.7 Å². The first-order chi connectivity index (χ1) is 18.5. The van der Waals surface area contributed by atoms with Crippen LogP contribution in [0.15, 0.2) is 116 Å². The number of para-hydroxylation sites is 1. The summed E-state index contributed by atoms with van der Waals surface area (Å²) in [5, 5.41) is 0. The Morgan fingerprint density at radius 2 is 1.63 bits per heavy atom. The van der Waals surface area contributed by atoms with Crippen LogP contribution in [0.3, 0.4) is 0 Å². The van der Waals surface area contributed by atoms with E-state index in [1.54, 1.807) is 12.1 Å². The lowest BCUT2D eigenvalue weighted by molar-refractivity contribution is 0.429. The minimum absolute atomic E-state index is 0.170. The highest BCUT2D eigenvalue weighted by Crippen LogP contribution is 2.48. The van der Waals surface area contributed by atoms with Crippen molar-refractivity contribution in [1.29, 1.82) is 0 Å². The van der Waals surface area contributed by atoms with Crippen LogP contribution in [0, 0.1) is 18.7 Å². The molecule has 0 amide bonds. The summed E-state index contributed by atoms with van der Waals surface area (Å²) in [4.78, 5) is 2.46. The highest BCUT2D eigenvalue weighted by Gasteiger charge is 2.38. The van der Waals surface area contributed by atoms with E-state index in [-0.39, 0.29) is 11.9 Å². The Kier molecular flexibility index (Phi) is 7.89. The fourth-order valence-corrected chi connectivity index (χ4v) is 5.92. The first-order valence-corrected chi connectivity index (χ1v) is 13.6. The standard InChI is InChI=1S/C36H36FN/c1-4-28-12-10-14-30(25-28)31-19-22-35(26(2)23-31)36-32(13-9-8-11-29-17-20-33(37)21-18-29)24-27(3)38(36)34-15-6-5-7-16-34/h4-7,10,12,14-23,25,32,36H,1,3,8-9,11,13,24H2,2H3/t32-,36?/m0/s1. The molecule has 2 atom stereocenters. The molecule has 192 valence electrons. The molecule has 0 spiro atoms. The summed E-state index contributed by atoms with van der Waals surface area (Å²) in [6, 6.07) is 33.3. The van der Waals surface area contributed by atoms with Crippen molar-refractivity contribution in [2.45, 2.75) is 45.1 Å². The minimum Gasteiger partial charge on any atom is -0.338 e. The number of halogens is 1. The number of unbranched alkanes of at least 4 members (excludes halogenated alkanes) is 1. The van der Waals surface area contributed by atoms with Gasteiger partial charge in [0.05, 0.1) is 6.04 Å². The molecule has 1 aliphatic rings. The lowest BCUT2D eigenvalue weighted by Crippen LogP contribution is -2.25. The van der Waals surface area contributed by atoms with Crippen LogP contribution in [0.25, 0.3) is 17.2 Å². The molecule has 0 aliphatic carbocycles. The maximum atomic E-state index is 13.3. The van der Waals surface area contributed by atoms with Crippen molar-refractivity contribution in [2.24, 2.45) is 5.92 Å². The molecule has 0 aromatic heterocycles. The summed E-state index contributed by atoms with van der Waals surface area (Å²) in [6.07, 6.45) is 7.26. The van der Waals surface area contributed by atoms with Gasteiger partial charge in [0.25, 0.3) is 0 Å². The molecule has 1 aliphatic heterocycles. The molecule has 1 fully saturated rings. The Labute approximate surface area is 227 Å². The number of hydrogen-bond donors (Lipinski definition) is 0. The van der Waals surface area contributed by atoms with Crippen molar-refractivity contribution in [2.75, 3.05) is 4.90 Å². The zero-order valence-electron chi connectivity index (χ0n) is 22.2. The fourth-order valence-electron chi connectivity index (χ4n) is 5.92. The van der Waals surface area contributed by atoms with Gasteiger partial charge in [-0.15, -0.1) is 0 Å². The van der Waals surface area contributed by atoms with Crippen LogP contribution in [-0.4, -0.2) is 0 Å². The van der Waals surface area contributed by atoms with Gasteiger partial charge in [0.15, 0.2) is 0 Å². The van der Waals surface area contributed by atoms with Crippen LogP contribution in [0.2, 0.25) is 0 Å². The van der Waals surface area contributed by atoms with Crippen molar-refractivity contribution in [3.05, 3.63) is 144 Å². The van der Waals surface area contributed by atoms with Crippen LogP contribution in [0.1, 0.15) is 54.0 Å². The van der Waals surface area contributed by atoms with Gasteiger partial charge in [-0.25, -0.2) is 4.39 Å². The van der Waals surface area contributed by atoms with Crippen LogP contribution in [-0.2, 0) is 6.42 Å². The van der Waals surface area contributed by atoms with Crippen LogP contribution >= 0.6 is 0 Å². The molecule has 0 radical (unpaired) electrons. The van der Waals surface area contributed by atoms with Gasteiger partial charge < -0.3 is 4.90 Å². The number of rotatable bonds is 9. The van der Waals surface area contributed by atoms with Crippen molar-refractivity contribution < 1.29 is 4.39 Å². The molecular weight excluding hydrogens is 465 g/mol. The van der Waals surface area contributed by atoms with Crippen LogP contribution in [0.4, 0.5) is 10.1 Å². The summed E-state index contributed by atoms with van der Waals surface area (Å²) < 4.78 is 13.3. The Bertz CT molecular complexity index is 1400. The molecular formula is C36H36FN. The first kappa shape index (κ1) is 25.7. The maximum absolute atomic E-state index is 13.3. The Balaban J connectivity index is 1.40. The molecule has 1 unspecified atom stereocenters. The van der Waals surface area contributed by atoms with Gasteiger partial charge in [-0.3, -0.25) is 0 Å². The zero-order chi connectivity index (χ0) is 26.5. The maximum Gasteiger partial charge on any atom is 0.123 e. The van der Waals surface area contributed by atoms with E-state index in [2.05, 4.69) is 97.8 Å². The second kappa shape index (κ2) is 11.6. The predicted octanol–water partition coefficient (Wildman–Crippen LogP) is 9.94. The number of benzene rings is 4. The molecule has 1 nitrogen and oxygen atoms in total. The highest BCUT2D eigenvalue weighted by molar-refractivity contribution is 5.69. The molecule has 38 heavy (non-hydrogen) atoms. The van der Waals surface area contributed by atoms with Gasteiger partial charge in [-0.1, -0.05) is 92.4 Å². The van der Waals surface area contributed by atoms with Gasteiger partial charge in [-0.2, -0.15) is 0 Å². The molecule has 1 saturated heterocycles. The summed E-state index contributed by atoms with van der Waals surface area (Å²) in [6.45, 7) is 10.7.